The van der Waals surface area contributed by atoms with Gasteiger partial charge < -0.3 is 9.47 Å². The molecule has 1 aromatic heterocycles. The number of aromatic nitrogens is 1. The smallest absolute Gasteiger partial charge is 0.332 e. The van der Waals surface area contributed by atoms with E-state index in [1.165, 1.54) is 14.1 Å². The lowest BCUT2D eigenvalue weighted by Crippen LogP contribution is -2.59. The fourth-order valence-corrected chi connectivity index (χ4v) is 3.63. The molecule has 31 heavy (non-hydrogen) atoms. The standard InChI is InChI=1S/C22H26N4O5/c1-24-20(27)17(21(28)25(2)22(24)29)14-26(13-16-9-5-6-11-23-16)12-15-8-7-10-18(30-3)19(15)31-4/h5-11,17H,12-14H2,1-4H3. The molecule has 9 nitrogen and oxygen atoms in total. The van der Waals surface area contributed by atoms with Crippen molar-refractivity contribution in [2.45, 2.75) is 13.1 Å². The Kier molecular flexibility index (Phi) is 6.86. The van der Waals surface area contributed by atoms with Crippen molar-refractivity contribution in [3.63, 3.8) is 0 Å². The van der Waals surface area contributed by atoms with Crippen LogP contribution in [-0.2, 0) is 22.7 Å². The van der Waals surface area contributed by atoms with E-state index in [0.717, 1.165) is 21.1 Å². The summed E-state index contributed by atoms with van der Waals surface area (Å²) < 4.78 is 10.9. The first-order valence-corrected chi connectivity index (χ1v) is 9.78. The van der Waals surface area contributed by atoms with Crippen LogP contribution in [0.15, 0.2) is 42.6 Å². The molecular formula is C22H26N4O5. The molecule has 2 heterocycles. The normalized spacial score (nSPS) is 15.1. The van der Waals surface area contributed by atoms with Crippen LogP contribution >= 0.6 is 0 Å². The third kappa shape index (κ3) is 4.66. The number of hydrogen-bond donors (Lipinski definition) is 0. The first-order chi connectivity index (χ1) is 14.9. The maximum absolute atomic E-state index is 12.7. The van der Waals surface area contributed by atoms with Crippen molar-refractivity contribution in [2.24, 2.45) is 5.92 Å². The summed E-state index contributed by atoms with van der Waals surface area (Å²) in [5.74, 6) is -0.851. The lowest BCUT2D eigenvalue weighted by Gasteiger charge is -2.35. The molecule has 1 fully saturated rings. The summed E-state index contributed by atoms with van der Waals surface area (Å²) >= 11 is 0. The van der Waals surface area contributed by atoms with Crippen LogP contribution in [0.4, 0.5) is 4.79 Å². The molecule has 1 aromatic carbocycles. The van der Waals surface area contributed by atoms with Crippen LogP contribution in [-0.4, -0.2) is 72.4 Å². The van der Waals surface area contributed by atoms with Gasteiger partial charge in [-0.2, -0.15) is 0 Å². The van der Waals surface area contributed by atoms with E-state index < -0.39 is 23.8 Å². The van der Waals surface area contributed by atoms with E-state index in [0.29, 0.717) is 24.6 Å². The molecule has 0 unspecified atom stereocenters. The monoisotopic (exact) mass is 426 g/mol. The number of urea groups is 1. The summed E-state index contributed by atoms with van der Waals surface area (Å²) in [6.45, 7) is 0.908. The Morgan fingerprint density at radius 3 is 2.23 bits per heavy atom. The van der Waals surface area contributed by atoms with Gasteiger partial charge in [0.2, 0.25) is 11.8 Å². The zero-order chi connectivity index (χ0) is 22.5. The van der Waals surface area contributed by atoms with Crippen LogP contribution in [0.1, 0.15) is 11.3 Å². The second-order valence-electron chi connectivity index (χ2n) is 7.27. The maximum atomic E-state index is 12.7. The second-order valence-corrected chi connectivity index (χ2v) is 7.27. The van der Waals surface area contributed by atoms with E-state index in [-0.39, 0.29) is 6.54 Å². The Morgan fingerprint density at radius 1 is 0.935 bits per heavy atom. The molecule has 2 aromatic rings. The Balaban J connectivity index is 1.91. The molecule has 0 saturated carbocycles. The number of benzene rings is 1. The molecule has 1 saturated heterocycles. The third-order valence-corrected chi connectivity index (χ3v) is 5.26. The van der Waals surface area contributed by atoms with Gasteiger partial charge in [-0.15, -0.1) is 0 Å². The van der Waals surface area contributed by atoms with Crippen molar-refractivity contribution in [3.8, 4) is 11.5 Å². The van der Waals surface area contributed by atoms with Gasteiger partial charge in [0.05, 0.1) is 19.9 Å². The summed E-state index contributed by atoms with van der Waals surface area (Å²) in [5.41, 5.74) is 1.63. The lowest BCUT2D eigenvalue weighted by molar-refractivity contribution is -0.148. The SMILES string of the molecule is COc1cccc(CN(Cc2ccccn2)CC2C(=O)N(C)C(=O)N(C)C2=O)c1OC. The number of para-hydroxylation sites is 1. The molecule has 9 heteroatoms. The van der Waals surface area contributed by atoms with Crippen molar-refractivity contribution >= 4 is 17.8 Å². The number of barbiturate groups is 1. The molecule has 4 amide bonds. The van der Waals surface area contributed by atoms with Gasteiger partial charge in [0.25, 0.3) is 0 Å². The third-order valence-electron chi connectivity index (χ3n) is 5.26. The molecule has 0 aliphatic carbocycles. The number of nitrogens with zero attached hydrogens (tertiary/aromatic N) is 4. The number of methoxy groups -OCH3 is 2. The van der Waals surface area contributed by atoms with Gasteiger partial charge in [-0.25, -0.2) is 4.79 Å². The second kappa shape index (κ2) is 9.57. The molecule has 1 aliphatic rings. The van der Waals surface area contributed by atoms with Gasteiger partial charge in [0.1, 0.15) is 5.92 Å². The molecule has 0 bridgehead atoms. The van der Waals surface area contributed by atoms with E-state index in [4.69, 9.17) is 9.47 Å². The summed E-state index contributed by atoms with van der Waals surface area (Å²) in [6, 6.07) is 10.5. The number of hydrogen-bond acceptors (Lipinski definition) is 7. The van der Waals surface area contributed by atoms with Crippen molar-refractivity contribution < 1.29 is 23.9 Å². The van der Waals surface area contributed by atoms with Crippen molar-refractivity contribution in [3.05, 3.63) is 53.9 Å². The van der Waals surface area contributed by atoms with Crippen LogP contribution < -0.4 is 9.47 Å². The van der Waals surface area contributed by atoms with Crippen LogP contribution in [0, 0.1) is 5.92 Å². The van der Waals surface area contributed by atoms with Crippen LogP contribution in [0.25, 0.3) is 0 Å². The quantitative estimate of drug-likeness (QED) is 0.594. The predicted molar refractivity (Wildman–Crippen MR) is 112 cm³/mol. The highest BCUT2D eigenvalue weighted by atomic mass is 16.5. The van der Waals surface area contributed by atoms with Gasteiger partial charge in [-0.05, 0) is 18.2 Å². The van der Waals surface area contributed by atoms with E-state index in [1.54, 1.807) is 26.5 Å². The van der Waals surface area contributed by atoms with E-state index >= 15 is 0 Å². The summed E-state index contributed by atoms with van der Waals surface area (Å²) in [5, 5.41) is 0. The highest BCUT2D eigenvalue weighted by Gasteiger charge is 2.43. The van der Waals surface area contributed by atoms with Crippen LogP contribution in [0.3, 0.4) is 0 Å². The summed E-state index contributed by atoms with van der Waals surface area (Å²) in [7, 11) is 5.90. The van der Waals surface area contributed by atoms with Gasteiger partial charge in [0, 0.05) is 45.5 Å². The maximum Gasteiger partial charge on any atom is 0.332 e. The molecule has 1 aliphatic heterocycles. The number of carbonyl (C=O) groups is 3. The molecule has 0 atom stereocenters. The summed E-state index contributed by atoms with van der Waals surface area (Å²) in [4.78, 5) is 45.8. The molecule has 0 N–H and O–H groups in total. The van der Waals surface area contributed by atoms with Crippen molar-refractivity contribution in [1.29, 1.82) is 0 Å². The van der Waals surface area contributed by atoms with E-state index in [2.05, 4.69) is 4.98 Å². The largest absolute Gasteiger partial charge is 0.493 e. The highest BCUT2D eigenvalue weighted by Crippen LogP contribution is 2.32. The zero-order valence-electron chi connectivity index (χ0n) is 18.1. The van der Waals surface area contributed by atoms with Crippen molar-refractivity contribution in [2.75, 3.05) is 34.9 Å². The fourth-order valence-electron chi connectivity index (χ4n) is 3.63. The minimum Gasteiger partial charge on any atom is -0.493 e. The number of rotatable bonds is 8. The minimum absolute atomic E-state index is 0.122. The van der Waals surface area contributed by atoms with Gasteiger partial charge >= 0.3 is 6.03 Å². The molecule has 0 radical (unpaired) electrons. The number of carbonyl (C=O) groups excluding carboxylic acids is 3. The minimum atomic E-state index is -0.993. The Bertz CT molecular complexity index is 942. The first-order valence-electron chi connectivity index (χ1n) is 9.78. The average molecular weight is 426 g/mol. The Labute approximate surface area is 181 Å². The van der Waals surface area contributed by atoms with E-state index in [1.807, 2.05) is 35.2 Å². The number of ether oxygens (including phenoxy) is 2. The van der Waals surface area contributed by atoms with Gasteiger partial charge in [-0.3, -0.25) is 29.3 Å². The molecule has 3 rings (SSSR count). The van der Waals surface area contributed by atoms with E-state index in [9.17, 15) is 14.4 Å². The van der Waals surface area contributed by atoms with Crippen LogP contribution in [0.5, 0.6) is 11.5 Å². The van der Waals surface area contributed by atoms with Gasteiger partial charge in [-0.1, -0.05) is 18.2 Å². The number of imide groups is 2. The molecule has 0 spiro atoms. The first kappa shape index (κ1) is 22.2. The Morgan fingerprint density at radius 2 is 1.65 bits per heavy atom. The topological polar surface area (TPSA) is 92.3 Å². The molecular weight excluding hydrogens is 400 g/mol. The van der Waals surface area contributed by atoms with Gasteiger partial charge in [0.15, 0.2) is 11.5 Å². The Hall–Kier alpha value is -3.46. The van der Waals surface area contributed by atoms with Crippen molar-refractivity contribution in [1.82, 2.24) is 19.7 Å². The van der Waals surface area contributed by atoms with Crippen LogP contribution in [0.2, 0.25) is 0 Å². The predicted octanol–water partition coefficient (Wildman–Crippen LogP) is 1.77. The average Bonchev–Trinajstić information content (AvgIpc) is 2.79. The lowest BCUT2D eigenvalue weighted by atomic mass is 10.0. The highest BCUT2D eigenvalue weighted by molar-refractivity contribution is 6.15. The molecule has 164 valence electrons. The summed E-state index contributed by atoms with van der Waals surface area (Å²) in [6.07, 6.45) is 1.69. The zero-order valence-corrected chi connectivity index (χ0v) is 18.1. The fraction of sp³-hybridized carbons (Fsp3) is 0.364. The number of pyridine rings is 1. The number of amides is 4.